The number of hydrogen-bond acceptors (Lipinski definition) is 6. The number of unbranched alkanes of at least 4 members (excludes halogenated alkanes) is 25. The summed E-state index contributed by atoms with van der Waals surface area (Å²) in [5, 5.41) is 0. The van der Waals surface area contributed by atoms with Gasteiger partial charge in [-0.25, -0.2) is 0 Å². The average Bonchev–Trinajstić information content (AvgIpc) is 3.45. The summed E-state index contributed by atoms with van der Waals surface area (Å²) in [7, 11) is 0. The van der Waals surface area contributed by atoms with Crippen molar-refractivity contribution in [3.63, 3.8) is 0 Å². The maximum absolute atomic E-state index is 12.9. The molecule has 0 saturated carbocycles. The number of ether oxygens (including phenoxy) is 3. The van der Waals surface area contributed by atoms with Crippen molar-refractivity contribution in [2.45, 2.75) is 297 Å². The Balaban J connectivity index is 4.22. The Kier molecular flexibility index (Phi) is 62.3. The summed E-state index contributed by atoms with van der Waals surface area (Å²) in [4.78, 5) is 38.2. The minimum absolute atomic E-state index is 0.0882. The zero-order chi connectivity index (χ0) is 57.1. The molecule has 0 fully saturated rings. The highest BCUT2D eigenvalue weighted by molar-refractivity contribution is 5.71. The monoisotopic (exact) mass is 1090 g/mol. The van der Waals surface area contributed by atoms with Crippen molar-refractivity contribution in [2.75, 3.05) is 13.2 Å². The van der Waals surface area contributed by atoms with Crippen LogP contribution in [0.3, 0.4) is 0 Å². The largest absolute Gasteiger partial charge is 0.462 e. The van der Waals surface area contributed by atoms with E-state index < -0.39 is 6.10 Å². The molecule has 0 aliphatic rings. The van der Waals surface area contributed by atoms with Crippen LogP contribution in [0.2, 0.25) is 0 Å². The van der Waals surface area contributed by atoms with Crippen LogP contribution >= 0.6 is 0 Å². The van der Waals surface area contributed by atoms with Crippen LogP contribution in [0.4, 0.5) is 0 Å². The van der Waals surface area contributed by atoms with Crippen molar-refractivity contribution in [3.8, 4) is 0 Å². The van der Waals surface area contributed by atoms with Gasteiger partial charge in [0.25, 0.3) is 0 Å². The van der Waals surface area contributed by atoms with Gasteiger partial charge in [0, 0.05) is 19.3 Å². The summed E-state index contributed by atoms with van der Waals surface area (Å²) >= 11 is 0. The lowest BCUT2D eigenvalue weighted by Crippen LogP contribution is -2.30. The Hall–Kier alpha value is -4.45. The summed E-state index contributed by atoms with van der Waals surface area (Å²) in [5.74, 6) is -0.908. The fourth-order valence-electron chi connectivity index (χ4n) is 8.77. The van der Waals surface area contributed by atoms with Gasteiger partial charge >= 0.3 is 17.9 Å². The Labute approximate surface area is 487 Å². The summed E-state index contributed by atoms with van der Waals surface area (Å²) in [6, 6.07) is 0. The third-order valence-electron chi connectivity index (χ3n) is 13.6. The van der Waals surface area contributed by atoms with E-state index in [1.54, 1.807) is 0 Å². The fourth-order valence-corrected chi connectivity index (χ4v) is 8.77. The van der Waals surface area contributed by atoms with E-state index in [1.807, 2.05) is 0 Å². The van der Waals surface area contributed by atoms with E-state index in [0.717, 1.165) is 135 Å². The molecule has 0 aliphatic carbocycles. The zero-order valence-corrected chi connectivity index (χ0v) is 51.3. The molecule has 0 saturated heterocycles. The molecule has 6 nitrogen and oxygen atoms in total. The number of carbonyl (C=O) groups is 3. The summed E-state index contributed by atoms with van der Waals surface area (Å²) in [5.41, 5.74) is 0. The number of hydrogen-bond donors (Lipinski definition) is 0. The van der Waals surface area contributed by atoms with Crippen molar-refractivity contribution in [2.24, 2.45) is 0 Å². The first-order valence-electron chi connectivity index (χ1n) is 32.7. The van der Waals surface area contributed by atoms with Crippen molar-refractivity contribution in [1.82, 2.24) is 0 Å². The van der Waals surface area contributed by atoms with E-state index in [1.165, 1.54) is 116 Å². The first-order valence-corrected chi connectivity index (χ1v) is 32.7. The fraction of sp³-hybridized carbons (Fsp3) is 0.658. The van der Waals surface area contributed by atoms with Gasteiger partial charge in [0.15, 0.2) is 6.10 Å². The molecule has 0 aromatic heterocycles. The Morgan fingerprint density at radius 2 is 0.494 bits per heavy atom. The van der Waals surface area contributed by atoms with E-state index in [9.17, 15) is 14.4 Å². The Morgan fingerprint density at radius 3 is 0.785 bits per heavy atom. The smallest absolute Gasteiger partial charge is 0.306 e. The van der Waals surface area contributed by atoms with Crippen molar-refractivity contribution in [3.05, 3.63) is 134 Å². The van der Waals surface area contributed by atoms with Crippen molar-refractivity contribution < 1.29 is 28.6 Å². The van der Waals surface area contributed by atoms with Crippen LogP contribution in [-0.2, 0) is 28.6 Å². The number of allylic oxidation sites excluding steroid dienone is 22. The number of rotatable bonds is 58. The molecule has 0 bridgehead atoms. The van der Waals surface area contributed by atoms with Crippen LogP contribution in [0.5, 0.6) is 0 Å². The molecule has 0 radical (unpaired) electrons. The second-order valence-electron chi connectivity index (χ2n) is 21.3. The van der Waals surface area contributed by atoms with E-state index in [0.29, 0.717) is 19.3 Å². The van der Waals surface area contributed by atoms with Crippen LogP contribution in [-0.4, -0.2) is 37.2 Å². The van der Waals surface area contributed by atoms with Crippen LogP contribution in [0.1, 0.15) is 290 Å². The van der Waals surface area contributed by atoms with Gasteiger partial charge < -0.3 is 14.2 Å². The molecule has 6 heteroatoms. The van der Waals surface area contributed by atoms with Crippen LogP contribution in [0.25, 0.3) is 0 Å². The molecular weight excluding hydrogens is 973 g/mol. The number of esters is 3. The van der Waals surface area contributed by atoms with Gasteiger partial charge in [0.1, 0.15) is 13.2 Å². The lowest BCUT2D eigenvalue weighted by molar-refractivity contribution is -0.167. The van der Waals surface area contributed by atoms with Gasteiger partial charge in [0.05, 0.1) is 0 Å². The number of carbonyl (C=O) groups excluding carboxylic acids is 3. The molecule has 1 unspecified atom stereocenters. The van der Waals surface area contributed by atoms with Crippen molar-refractivity contribution in [1.29, 1.82) is 0 Å². The minimum Gasteiger partial charge on any atom is -0.462 e. The highest BCUT2D eigenvalue weighted by Crippen LogP contribution is 2.16. The van der Waals surface area contributed by atoms with E-state index in [4.69, 9.17) is 14.2 Å². The standard InChI is InChI=1S/C73H120O6/c1-4-7-10-13-16-19-22-24-26-28-29-30-31-32-33-34-35-36-37-38-39-40-41-42-43-45-46-48-51-54-57-60-63-66-72(75)78-69-70(68-77-71(74)65-62-59-56-53-50-21-18-15-12-9-6-3)79-73(76)67-64-61-58-55-52-49-47-44-27-25-23-20-17-14-11-8-5-2/h7-8,10-11,15-20,24-27,29-30,32-33,35-36,38-39,70H,4-6,9,12-14,21-23,28,31,34,37,40-69H2,1-3H3/b10-7-,11-8-,18-15-,19-16-,20-17-,26-24-,27-25-,30-29-,33-32-,36-35-,39-38-. The third-order valence-corrected chi connectivity index (χ3v) is 13.6. The quantitative estimate of drug-likeness (QED) is 0.0261. The van der Waals surface area contributed by atoms with Crippen LogP contribution < -0.4 is 0 Å². The van der Waals surface area contributed by atoms with E-state index >= 15 is 0 Å². The van der Waals surface area contributed by atoms with Crippen LogP contribution in [0.15, 0.2) is 134 Å². The predicted molar refractivity (Wildman–Crippen MR) is 343 cm³/mol. The maximum atomic E-state index is 12.9. The highest BCUT2D eigenvalue weighted by Gasteiger charge is 2.19. The summed E-state index contributed by atoms with van der Waals surface area (Å²) in [6.45, 7) is 6.37. The lowest BCUT2D eigenvalue weighted by atomic mass is 10.0. The normalized spacial score (nSPS) is 13.0. The van der Waals surface area contributed by atoms with Crippen molar-refractivity contribution >= 4 is 17.9 Å². The molecule has 448 valence electrons. The molecule has 79 heavy (non-hydrogen) atoms. The minimum atomic E-state index is -0.791. The molecule has 0 heterocycles. The summed E-state index contributed by atoms with van der Waals surface area (Å²) in [6.07, 6.45) is 93.2. The average molecular weight is 1090 g/mol. The predicted octanol–water partition coefficient (Wildman–Crippen LogP) is 22.5. The van der Waals surface area contributed by atoms with Crippen LogP contribution in [0, 0.1) is 0 Å². The first kappa shape index (κ1) is 74.5. The van der Waals surface area contributed by atoms with Gasteiger partial charge in [-0.3, -0.25) is 14.4 Å². The Morgan fingerprint density at radius 1 is 0.266 bits per heavy atom. The second-order valence-corrected chi connectivity index (χ2v) is 21.3. The second kappa shape index (κ2) is 66.1. The molecule has 0 aromatic rings. The molecule has 0 aromatic carbocycles. The third kappa shape index (κ3) is 64.3. The molecular formula is C73H120O6. The first-order chi connectivity index (χ1) is 39.0. The van der Waals surface area contributed by atoms with E-state index in [-0.39, 0.29) is 31.1 Å². The molecule has 0 N–H and O–H groups in total. The molecule has 0 amide bonds. The molecule has 1 atom stereocenters. The highest BCUT2D eigenvalue weighted by atomic mass is 16.6. The maximum Gasteiger partial charge on any atom is 0.306 e. The SMILES string of the molecule is CC/C=C\C/C=C\C/C=C\C/C=C\C/C=C\C/C=C\C/C=C\CCCCCCCCCCCCCC(=O)OCC(COC(=O)CCCCCCC/C=C\CCCC)OC(=O)CCCCCCCCC/C=C\C/C=C\C/C=C\CC. The van der Waals surface area contributed by atoms with Gasteiger partial charge in [0.2, 0.25) is 0 Å². The zero-order valence-electron chi connectivity index (χ0n) is 51.3. The van der Waals surface area contributed by atoms with Gasteiger partial charge in [-0.1, -0.05) is 276 Å². The lowest BCUT2D eigenvalue weighted by Gasteiger charge is -2.18. The van der Waals surface area contributed by atoms with Gasteiger partial charge in [-0.05, 0) is 128 Å². The topological polar surface area (TPSA) is 78.9 Å². The van der Waals surface area contributed by atoms with Gasteiger partial charge in [-0.15, -0.1) is 0 Å². The van der Waals surface area contributed by atoms with Gasteiger partial charge in [-0.2, -0.15) is 0 Å². The van der Waals surface area contributed by atoms with E-state index in [2.05, 4.69) is 154 Å². The Bertz CT molecular complexity index is 1680. The molecule has 0 rings (SSSR count). The summed E-state index contributed by atoms with van der Waals surface area (Å²) < 4.78 is 16.9. The molecule has 0 spiro atoms. The molecule has 0 aliphatic heterocycles.